The van der Waals surface area contributed by atoms with Crippen LogP contribution in [0.4, 0.5) is 11.4 Å². The third kappa shape index (κ3) is 3.61. The highest BCUT2D eigenvalue weighted by atomic mass is 32.2. The molecule has 4 rings (SSSR count). The third-order valence-corrected chi connectivity index (χ3v) is 6.11. The zero-order valence-corrected chi connectivity index (χ0v) is 15.9. The molecule has 2 aromatic carbocycles. The Morgan fingerprint density at radius 1 is 1.03 bits per heavy atom. The number of Topliss-reactive ketones (excluding diaryl/α,β-unsaturated/α-hetero) is 1. The van der Waals surface area contributed by atoms with Crippen molar-refractivity contribution in [3.63, 3.8) is 0 Å². The van der Waals surface area contributed by atoms with Crippen molar-refractivity contribution in [2.24, 2.45) is 0 Å². The van der Waals surface area contributed by atoms with E-state index in [2.05, 4.69) is 9.82 Å². The molecule has 1 N–H and O–H groups in total. The van der Waals surface area contributed by atoms with Crippen LogP contribution in [0, 0.1) is 10.1 Å². The number of sulfonamides is 1. The number of non-ortho nitro benzene ring substituents is 1. The van der Waals surface area contributed by atoms with E-state index >= 15 is 0 Å². The van der Waals surface area contributed by atoms with Gasteiger partial charge in [-0.2, -0.15) is 5.10 Å². The molecule has 148 valence electrons. The van der Waals surface area contributed by atoms with Crippen LogP contribution in [0.3, 0.4) is 0 Å². The highest BCUT2D eigenvalue weighted by Crippen LogP contribution is 2.25. The van der Waals surface area contributed by atoms with Crippen LogP contribution < -0.4 is 4.72 Å². The average molecular weight is 412 g/mol. The van der Waals surface area contributed by atoms with Gasteiger partial charge < -0.3 is 0 Å². The van der Waals surface area contributed by atoms with E-state index < -0.39 is 14.9 Å². The fourth-order valence-corrected chi connectivity index (χ4v) is 4.31. The molecule has 1 aliphatic carbocycles. The lowest BCUT2D eigenvalue weighted by Crippen LogP contribution is -2.14. The molecule has 29 heavy (non-hydrogen) atoms. The fourth-order valence-electron chi connectivity index (χ4n) is 3.25. The van der Waals surface area contributed by atoms with Crippen molar-refractivity contribution in [1.82, 2.24) is 9.78 Å². The van der Waals surface area contributed by atoms with Gasteiger partial charge in [0, 0.05) is 24.2 Å². The van der Waals surface area contributed by atoms with Crippen LogP contribution in [0.2, 0.25) is 0 Å². The van der Waals surface area contributed by atoms with E-state index in [9.17, 15) is 23.3 Å². The van der Waals surface area contributed by atoms with Gasteiger partial charge in [0.1, 0.15) is 0 Å². The summed E-state index contributed by atoms with van der Waals surface area (Å²) in [5.74, 6) is 0.0731. The van der Waals surface area contributed by atoms with Gasteiger partial charge in [-0.15, -0.1) is 0 Å². The first kappa shape index (κ1) is 18.8. The molecule has 1 aromatic heterocycles. The molecule has 0 atom stereocenters. The minimum absolute atomic E-state index is 0.0386. The van der Waals surface area contributed by atoms with Crippen LogP contribution >= 0.6 is 0 Å². The minimum atomic E-state index is -3.86. The minimum Gasteiger partial charge on any atom is -0.294 e. The van der Waals surface area contributed by atoms with E-state index in [0.717, 1.165) is 18.5 Å². The maximum Gasteiger partial charge on any atom is 0.269 e. The number of fused-ring (bicyclic) bond motifs is 1. The molecular formula is C19H16N4O5S. The first-order valence-corrected chi connectivity index (χ1v) is 10.3. The molecule has 0 fully saturated rings. The molecule has 10 heteroatoms. The number of carbonyl (C=O) groups is 1. The molecule has 0 saturated carbocycles. The first-order valence-electron chi connectivity index (χ1n) is 8.83. The summed E-state index contributed by atoms with van der Waals surface area (Å²) in [6.07, 6.45) is 3.58. The second kappa shape index (κ2) is 7.13. The predicted octanol–water partition coefficient (Wildman–Crippen LogP) is 3.10. The molecule has 0 radical (unpaired) electrons. The van der Waals surface area contributed by atoms with Gasteiger partial charge in [-0.1, -0.05) is 0 Å². The summed E-state index contributed by atoms with van der Waals surface area (Å²) in [6, 6.07) is 11.2. The van der Waals surface area contributed by atoms with Crippen LogP contribution in [0.25, 0.3) is 5.69 Å². The largest absolute Gasteiger partial charge is 0.294 e. The van der Waals surface area contributed by atoms with E-state index in [1.165, 1.54) is 36.4 Å². The molecule has 0 amide bonds. The third-order valence-electron chi connectivity index (χ3n) is 4.71. The Hall–Kier alpha value is -3.53. The summed E-state index contributed by atoms with van der Waals surface area (Å²) < 4.78 is 29.2. The van der Waals surface area contributed by atoms with Crippen LogP contribution in [0.15, 0.2) is 59.6 Å². The number of nitrogens with zero attached hydrogens (tertiary/aromatic N) is 3. The summed E-state index contributed by atoms with van der Waals surface area (Å²) in [6.45, 7) is 0. The fraction of sp³-hybridized carbons (Fsp3) is 0.158. The van der Waals surface area contributed by atoms with Crippen LogP contribution in [-0.2, 0) is 16.4 Å². The number of nitro groups is 1. The van der Waals surface area contributed by atoms with Gasteiger partial charge in [0.05, 0.1) is 33.0 Å². The summed E-state index contributed by atoms with van der Waals surface area (Å²) in [7, 11) is -3.86. The van der Waals surface area contributed by atoms with E-state index in [1.54, 1.807) is 23.0 Å². The van der Waals surface area contributed by atoms with Crippen molar-refractivity contribution < 1.29 is 18.1 Å². The number of rotatable bonds is 5. The van der Waals surface area contributed by atoms with Crippen molar-refractivity contribution in [3.05, 3.63) is 76.1 Å². The van der Waals surface area contributed by atoms with Crippen molar-refractivity contribution in [3.8, 4) is 5.69 Å². The zero-order chi connectivity index (χ0) is 20.6. The average Bonchev–Trinajstić information content (AvgIpc) is 3.14. The molecule has 0 saturated heterocycles. The Labute approximate surface area is 166 Å². The highest BCUT2D eigenvalue weighted by molar-refractivity contribution is 7.92. The molecular weight excluding hydrogens is 396 g/mol. The van der Waals surface area contributed by atoms with Gasteiger partial charge in [0.2, 0.25) is 0 Å². The number of anilines is 1. The summed E-state index contributed by atoms with van der Waals surface area (Å²) in [5, 5.41) is 15.0. The maximum atomic E-state index is 12.6. The van der Waals surface area contributed by atoms with Crippen LogP contribution in [0.5, 0.6) is 0 Å². The zero-order valence-electron chi connectivity index (χ0n) is 15.1. The van der Waals surface area contributed by atoms with Gasteiger partial charge in [-0.3, -0.25) is 19.6 Å². The molecule has 0 aliphatic heterocycles. The number of benzene rings is 2. The Morgan fingerprint density at radius 3 is 2.38 bits per heavy atom. The summed E-state index contributed by atoms with van der Waals surface area (Å²) in [4.78, 5) is 22.1. The van der Waals surface area contributed by atoms with Gasteiger partial charge >= 0.3 is 0 Å². The Kier molecular flexibility index (Phi) is 4.63. The van der Waals surface area contributed by atoms with Crippen molar-refractivity contribution in [1.29, 1.82) is 0 Å². The van der Waals surface area contributed by atoms with E-state index in [1.807, 2.05) is 0 Å². The number of ketones is 1. The summed E-state index contributed by atoms with van der Waals surface area (Å²) >= 11 is 0. The normalized spacial score (nSPS) is 13.7. The quantitative estimate of drug-likeness (QED) is 0.507. The van der Waals surface area contributed by atoms with E-state index in [0.29, 0.717) is 17.7 Å². The Bertz CT molecular complexity index is 1200. The Balaban J connectivity index is 1.57. The number of hydrogen-bond acceptors (Lipinski definition) is 6. The SMILES string of the molecule is O=C1CCCc2c1cnn2-c1ccc(S(=O)(=O)Nc2ccc([N+](=O)[O-])cc2)cc1. The lowest BCUT2D eigenvalue weighted by atomic mass is 9.97. The molecule has 1 heterocycles. The smallest absolute Gasteiger partial charge is 0.269 e. The maximum absolute atomic E-state index is 12.6. The number of aromatic nitrogens is 2. The number of nitro benzene ring substituents is 1. The second-order valence-corrected chi connectivity index (χ2v) is 8.28. The number of hydrogen-bond donors (Lipinski definition) is 1. The molecule has 0 unspecified atom stereocenters. The second-order valence-electron chi connectivity index (χ2n) is 6.60. The molecule has 9 nitrogen and oxygen atoms in total. The van der Waals surface area contributed by atoms with Crippen molar-refractivity contribution >= 4 is 27.2 Å². The topological polar surface area (TPSA) is 124 Å². The molecule has 3 aromatic rings. The van der Waals surface area contributed by atoms with Gasteiger partial charge in [0.15, 0.2) is 5.78 Å². The monoisotopic (exact) mass is 412 g/mol. The molecule has 1 aliphatic rings. The lowest BCUT2D eigenvalue weighted by Gasteiger charge is -2.13. The van der Waals surface area contributed by atoms with Crippen molar-refractivity contribution in [2.45, 2.75) is 24.2 Å². The number of carbonyl (C=O) groups excluding carboxylic acids is 1. The van der Waals surface area contributed by atoms with Gasteiger partial charge in [-0.25, -0.2) is 13.1 Å². The van der Waals surface area contributed by atoms with E-state index in [-0.39, 0.29) is 22.1 Å². The Morgan fingerprint density at radius 2 is 1.72 bits per heavy atom. The van der Waals surface area contributed by atoms with Gasteiger partial charge in [0.25, 0.3) is 15.7 Å². The van der Waals surface area contributed by atoms with Crippen LogP contribution in [0.1, 0.15) is 28.9 Å². The number of nitrogens with one attached hydrogen (secondary N) is 1. The standard InChI is InChI=1S/C19H16N4O5S/c24-19-3-1-2-18-17(19)12-20-22(18)14-8-10-16(11-9-14)29(27,28)21-13-4-6-15(7-5-13)23(25)26/h4-12,21H,1-3H2. The van der Waals surface area contributed by atoms with Gasteiger partial charge in [-0.05, 0) is 49.2 Å². The lowest BCUT2D eigenvalue weighted by molar-refractivity contribution is -0.384. The van der Waals surface area contributed by atoms with E-state index in [4.69, 9.17) is 0 Å². The molecule has 0 spiro atoms. The molecule has 0 bridgehead atoms. The summed E-state index contributed by atoms with van der Waals surface area (Å²) in [5.41, 5.74) is 2.21. The van der Waals surface area contributed by atoms with Crippen LogP contribution in [-0.4, -0.2) is 28.9 Å². The van der Waals surface area contributed by atoms with Crippen molar-refractivity contribution in [2.75, 3.05) is 4.72 Å². The highest BCUT2D eigenvalue weighted by Gasteiger charge is 2.23. The predicted molar refractivity (Wildman–Crippen MR) is 105 cm³/mol. The first-order chi connectivity index (χ1) is 13.8.